The van der Waals surface area contributed by atoms with Gasteiger partial charge in [-0.05, 0) is 64.2 Å². The molecule has 1 N–H and O–H groups in total. The van der Waals surface area contributed by atoms with E-state index < -0.39 is 26.5 Å². The zero-order chi connectivity index (χ0) is 46.4. The number of ether oxygens (including phenoxy) is 2. The Morgan fingerprint density at radius 2 is 0.810 bits per heavy atom. The van der Waals surface area contributed by atoms with Gasteiger partial charge in [-0.3, -0.25) is 18.6 Å². The van der Waals surface area contributed by atoms with Crippen LogP contribution in [0, 0.1) is 0 Å². The summed E-state index contributed by atoms with van der Waals surface area (Å²) in [7, 11) is 1.48. The maximum absolute atomic E-state index is 12.8. The van der Waals surface area contributed by atoms with E-state index in [1.807, 2.05) is 21.1 Å². The summed E-state index contributed by atoms with van der Waals surface area (Å²) >= 11 is 0. The number of phosphoric ester groups is 1. The highest BCUT2D eigenvalue weighted by Gasteiger charge is 2.27. The Kier molecular flexibility index (Phi) is 44.5. The van der Waals surface area contributed by atoms with Gasteiger partial charge in [0.15, 0.2) is 6.10 Å². The van der Waals surface area contributed by atoms with E-state index in [0.29, 0.717) is 17.4 Å². The van der Waals surface area contributed by atoms with Gasteiger partial charge in [0.05, 0.1) is 27.7 Å². The van der Waals surface area contributed by atoms with Gasteiger partial charge in [0.1, 0.15) is 19.8 Å². The molecule has 0 aromatic heterocycles. The van der Waals surface area contributed by atoms with Crippen LogP contribution >= 0.6 is 7.82 Å². The number of allylic oxidation sites excluding steroid dienone is 4. The Hall–Kier alpha value is -1.51. The topological polar surface area (TPSA) is 108 Å². The first-order valence-corrected chi connectivity index (χ1v) is 28.1. The molecule has 0 bridgehead atoms. The number of esters is 2. The zero-order valence-electron chi connectivity index (χ0n) is 42.1. The lowest BCUT2D eigenvalue weighted by Gasteiger charge is -2.24. The van der Waals surface area contributed by atoms with Crippen LogP contribution in [0.3, 0.4) is 0 Å². The van der Waals surface area contributed by atoms with Crippen molar-refractivity contribution >= 4 is 19.8 Å². The third kappa shape index (κ3) is 49.8. The lowest BCUT2D eigenvalue weighted by Crippen LogP contribution is -2.37. The van der Waals surface area contributed by atoms with Crippen molar-refractivity contribution in [1.82, 2.24) is 0 Å². The third-order valence-corrected chi connectivity index (χ3v) is 12.7. The highest BCUT2D eigenvalue weighted by Crippen LogP contribution is 2.43. The van der Waals surface area contributed by atoms with Gasteiger partial charge in [-0.1, -0.05) is 199 Å². The molecule has 0 aliphatic carbocycles. The molecule has 63 heavy (non-hydrogen) atoms. The van der Waals surface area contributed by atoms with Crippen LogP contribution in [0.25, 0.3) is 0 Å². The number of hydrogen-bond donors (Lipinski definition) is 1. The van der Waals surface area contributed by atoms with Gasteiger partial charge in [-0.15, -0.1) is 0 Å². The first-order chi connectivity index (χ1) is 30.5. The summed E-state index contributed by atoms with van der Waals surface area (Å²) in [5.41, 5.74) is 0. The molecule has 2 unspecified atom stereocenters. The van der Waals surface area contributed by atoms with Crippen molar-refractivity contribution in [3.8, 4) is 0 Å². The van der Waals surface area contributed by atoms with E-state index in [-0.39, 0.29) is 32.0 Å². The highest BCUT2D eigenvalue weighted by atomic mass is 31.2. The monoisotopic (exact) mass is 913 g/mol. The first-order valence-electron chi connectivity index (χ1n) is 26.6. The maximum atomic E-state index is 12.8. The minimum Gasteiger partial charge on any atom is -0.462 e. The van der Waals surface area contributed by atoms with Gasteiger partial charge >= 0.3 is 19.8 Å². The van der Waals surface area contributed by atoms with E-state index in [1.54, 1.807) is 0 Å². The van der Waals surface area contributed by atoms with Crippen molar-refractivity contribution in [2.24, 2.45) is 0 Å². The molecule has 0 rings (SSSR count). The van der Waals surface area contributed by atoms with Crippen LogP contribution in [-0.2, 0) is 32.7 Å². The SMILES string of the molecule is CCCCCCC/C=C\CCCCCCCC(=O)OCC(COP(=O)(O)OCC[N+](C)(C)C)OC(=O)CCCCCCCCCCCCCCC/C=C\CCCCCCCCCC. The van der Waals surface area contributed by atoms with Crippen LogP contribution in [0.4, 0.5) is 0 Å². The average Bonchev–Trinajstić information content (AvgIpc) is 3.24. The molecule has 10 heteroatoms. The molecule has 0 spiro atoms. The molecule has 372 valence electrons. The van der Waals surface area contributed by atoms with Crippen LogP contribution in [0.5, 0.6) is 0 Å². The molecule has 0 fully saturated rings. The fourth-order valence-corrected chi connectivity index (χ4v) is 8.28. The Morgan fingerprint density at radius 3 is 1.17 bits per heavy atom. The quantitative estimate of drug-likeness (QED) is 0.0211. The molecule has 0 aromatic rings. The Labute approximate surface area is 389 Å². The first kappa shape index (κ1) is 61.5. The van der Waals surface area contributed by atoms with E-state index in [1.165, 1.54) is 167 Å². The standard InChI is InChI=1S/C53H102NO8P/c1-6-8-10-12-14-16-18-20-22-23-24-25-26-27-28-29-30-31-32-34-36-38-40-42-44-46-53(56)62-51(50-61-63(57,58)60-48-47-54(3,4)5)49-59-52(55)45-43-41-39-37-35-33-21-19-17-15-13-11-9-7-2/h19,21,23-24,51H,6-18,20,22,25-50H2,1-5H3/p+1/b21-19-,24-23-. The smallest absolute Gasteiger partial charge is 0.462 e. The number of phosphoric acid groups is 1. The molecule has 0 aliphatic heterocycles. The summed E-state index contributed by atoms with van der Waals surface area (Å²) in [6.07, 6.45) is 52.4. The van der Waals surface area contributed by atoms with Gasteiger partial charge in [-0.25, -0.2) is 4.57 Å². The van der Waals surface area contributed by atoms with Crippen molar-refractivity contribution in [1.29, 1.82) is 0 Å². The Morgan fingerprint density at radius 1 is 0.476 bits per heavy atom. The second-order valence-electron chi connectivity index (χ2n) is 19.3. The molecule has 0 aliphatic rings. The average molecular weight is 913 g/mol. The normalized spacial score (nSPS) is 13.6. The molecule has 0 amide bonds. The van der Waals surface area contributed by atoms with Gasteiger partial charge in [0.2, 0.25) is 0 Å². The molecule has 0 aromatic carbocycles. The number of quaternary nitrogens is 1. The van der Waals surface area contributed by atoms with Crippen LogP contribution in [0.15, 0.2) is 24.3 Å². The fourth-order valence-electron chi connectivity index (χ4n) is 7.53. The minimum absolute atomic E-state index is 0.0323. The molecule has 2 atom stereocenters. The fraction of sp³-hybridized carbons (Fsp3) is 0.887. The van der Waals surface area contributed by atoms with Crippen molar-refractivity contribution in [3.05, 3.63) is 24.3 Å². The summed E-state index contributed by atoms with van der Waals surface area (Å²) in [6, 6.07) is 0. The second kappa shape index (κ2) is 45.6. The van der Waals surface area contributed by atoms with Gasteiger partial charge < -0.3 is 18.9 Å². The van der Waals surface area contributed by atoms with Crippen molar-refractivity contribution in [2.75, 3.05) is 47.5 Å². The van der Waals surface area contributed by atoms with E-state index >= 15 is 0 Å². The summed E-state index contributed by atoms with van der Waals surface area (Å²) < 4.78 is 34.5. The van der Waals surface area contributed by atoms with Crippen LogP contribution in [-0.4, -0.2) is 74.9 Å². The lowest BCUT2D eigenvalue weighted by molar-refractivity contribution is -0.870. The van der Waals surface area contributed by atoms with Crippen LogP contribution in [0.2, 0.25) is 0 Å². The van der Waals surface area contributed by atoms with Gasteiger partial charge in [0, 0.05) is 12.8 Å². The second-order valence-corrected chi connectivity index (χ2v) is 20.7. The van der Waals surface area contributed by atoms with Gasteiger partial charge in [0.25, 0.3) is 0 Å². The molecular formula is C53H103NO8P+. The third-order valence-electron chi connectivity index (χ3n) is 11.7. The molecule has 0 radical (unpaired) electrons. The highest BCUT2D eigenvalue weighted by molar-refractivity contribution is 7.47. The molecule has 9 nitrogen and oxygen atoms in total. The van der Waals surface area contributed by atoms with Crippen molar-refractivity contribution in [2.45, 2.75) is 258 Å². The summed E-state index contributed by atoms with van der Waals surface area (Å²) in [5.74, 6) is -0.798. The lowest BCUT2D eigenvalue weighted by atomic mass is 10.0. The van der Waals surface area contributed by atoms with E-state index in [2.05, 4.69) is 38.2 Å². The van der Waals surface area contributed by atoms with E-state index in [9.17, 15) is 19.0 Å². The summed E-state index contributed by atoms with van der Waals surface area (Å²) in [5, 5.41) is 0. The predicted molar refractivity (Wildman–Crippen MR) is 266 cm³/mol. The zero-order valence-corrected chi connectivity index (χ0v) is 43.0. The number of hydrogen-bond acceptors (Lipinski definition) is 7. The van der Waals surface area contributed by atoms with E-state index in [0.717, 1.165) is 51.4 Å². The Bertz CT molecular complexity index is 1120. The molecule has 0 saturated carbocycles. The number of carbonyl (C=O) groups excluding carboxylic acids is 2. The number of rotatable bonds is 49. The number of carbonyl (C=O) groups is 2. The molecule has 0 saturated heterocycles. The molecular weight excluding hydrogens is 810 g/mol. The van der Waals surface area contributed by atoms with Crippen molar-refractivity contribution < 1.29 is 42.1 Å². The minimum atomic E-state index is -4.38. The number of unbranched alkanes of at least 4 members (excludes halogenated alkanes) is 31. The predicted octanol–water partition coefficient (Wildman–Crippen LogP) is 15.9. The van der Waals surface area contributed by atoms with Crippen LogP contribution in [0.1, 0.15) is 251 Å². The molecule has 0 heterocycles. The summed E-state index contributed by atoms with van der Waals surface area (Å²) in [4.78, 5) is 35.5. The number of nitrogens with zero attached hydrogens (tertiary/aromatic N) is 1. The van der Waals surface area contributed by atoms with Gasteiger partial charge in [-0.2, -0.15) is 0 Å². The van der Waals surface area contributed by atoms with Crippen molar-refractivity contribution in [3.63, 3.8) is 0 Å². The largest absolute Gasteiger partial charge is 0.472 e. The van der Waals surface area contributed by atoms with E-state index in [4.69, 9.17) is 18.5 Å². The maximum Gasteiger partial charge on any atom is 0.472 e. The van der Waals surface area contributed by atoms with Crippen LogP contribution < -0.4 is 0 Å². The summed E-state index contributed by atoms with van der Waals surface area (Å²) in [6.45, 7) is 4.44. The number of likely N-dealkylation sites (N-methyl/N-ethyl adjacent to an activating group) is 1. The Balaban J connectivity index is 4.16.